The number of hydrogen-bond donors (Lipinski definition) is 0. The van der Waals surface area contributed by atoms with Crippen LogP contribution in [-0.4, -0.2) is 94.1 Å². The van der Waals surface area contributed by atoms with Crippen molar-refractivity contribution < 1.29 is 66.8 Å². The van der Waals surface area contributed by atoms with Crippen LogP contribution in [0.5, 0.6) is 11.5 Å². The standard InChI is InChI=1S/C96H124N2O14/c1-5-7-9-11-13-15-17-19-21-23-25-27-29-31-72-61-74(108-57-59-110-94(104)69-39-37-68(38-40-69)65(3)99)45-55-84(72)97-90(100)80-51-47-76-78-49-53-82-89-83(54-50-79(87(78)89)77-48-52-81(91(97)101)88(80)86(76)77)93(103)98(92(82)102)85-56-46-75(62-73(85)32-30-28-26-24-22-20-18-16-14-12-10-8-6-2)109-58-60-111-95(105)70-41-43-71(44-42-70)96(106)112-64-67-35-33-66(34-36-67)63-107-4/h45-56,61-62,66-71H,5-44,57-60,63-64H2,1-4H3. The smallest absolute Gasteiger partial charge is 0.309 e. The van der Waals surface area contributed by atoms with Gasteiger partial charge in [0.05, 0.1) is 35.7 Å². The van der Waals surface area contributed by atoms with Crippen LogP contribution in [0, 0.1) is 35.5 Å². The summed E-state index contributed by atoms with van der Waals surface area (Å²) in [6.45, 7) is 7.70. The van der Waals surface area contributed by atoms with Crippen molar-refractivity contribution in [1.29, 1.82) is 0 Å². The summed E-state index contributed by atoms with van der Waals surface area (Å²) in [5, 5.41) is 5.86. The second-order valence-corrected chi connectivity index (χ2v) is 33.3. The Morgan fingerprint density at radius 1 is 0.339 bits per heavy atom. The molecule has 16 nitrogen and oxygen atoms in total. The Hall–Kier alpha value is -8.24. The van der Waals surface area contributed by atoms with Gasteiger partial charge >= 0.3 is 17.9 Å². The number of anilines is 2. The maximum absolute atomic E-state index is 15.4. The average Bonchev–Trinajstić information content (AvgIpc) is 0.689. The van der Waals surface area contributed by atoms with Crippen molar-refractivity contribution in [3.8, 4) is 11.5 Å². The molecule has 0 unspecified atom stereocenters. The van der Waals surface area contributed by atoms with Crippen LogP contribution >= 0.6 is 0 Å². The number of esters is 3. The van der Waals surface area contributed by atoms with Crippen LogP contribution in [0.25, 0.3) is 43.1 Å². The topological polar surface area (TPSA) is 198 Å². The van der Waals surface area contributed by atoms with Crippen LogP contribution < -0.4 is 19.3 Å². The van der Waals surface area contributed by atoms with E-state index >= 15 is 19.2 Å². The van der Waals surface area contributed by atoms with E-state index in [-0.39, 0.29) is 73.8 Å². The molecule has 4 amide bonds. The lowest BCUT2D eigenvalue weighted by atomic mass is 9.80. The molecular weight excluding hydrogens is 1410 g/mol. The number of fused-ring (bicyclic) bond motifs is 2. The molecule has 0 radical (unpaired) electrons. The minimum Gasteiger partial charge on any atom is -0.490 e. The zero-order chi connectivity index (χ0) is 78.3. The number of nitrogens with zero attached hydrogens (tertiary/aromatic N) is 2. The van der Waals surface area contributed by atoms with Gasteiger partial charge in [0.25, 0.3) is 23.6 Å². The summed E-state index contributed by atoms with van der Waals surface area (Å²) in [4.78, 5) is 116. The fourth-order valence-corrected chi connectivity index (χ4v) is 18.8. The van der Waals surface area contributed by atoms with E-state index in [1.807, 2.05) is 60.7 Å². The molecule has 0 saturated heterocycles. The molecule has 7 aromatic carbocycles. The lowest BCUT2D eigenvalue weighted by Crippen LogP contribution is -2.41. The Labute approximate surface area is 664 Å². The summed E-state index contributed by atoms with van der Waals surface area (Å²) in [6, 6.07) is 26.0. The van der Waals surface area contributed by atoms with Crippen molar-refractivity contribution in [2.24, 2.45) is 35.5 Å². The Bertz CT molecular complexity index is 4240. The summed E-state index contributed by atoms with van der Waals surface area (Å²) in [5.74, 6) is -0.930. The molecule has 0 bridgehead atoms. The molecule has 12 rings (SSSR count). The fraction of sp³-hybridized carbons (Fsp3) is 0.583. The number of ether oxygens (including phenoxy) is 6. The first kappa shape index (κ1) is 83.2. The van der Waals surface area contributed by atoms with E-state index in [2.05, 4.69) is 13.8 Å². The van der Waals surface area contributed by atoms with E-state index in [0.29, 0.717) is 139 Å². The predicted molar refractivity (Wildman–Crippen MR) is 444 cm³/mol. The molecule has 112 heavy (non-hydrogen) atoms. The SMILES string of the molecule is CCCCCCCCCCCCCCCc1cc(OCCOC(=O)C2CCC(C(C)=O)CC2)ccc1N1C(=O)c2ccc3c4ccc5c6c(ccc(c7ccc(c2c37)C1=O)c64)C(=O)N(c1ccc(OCCOC(=O)C2CCC(C(=O)OCC3CCC(COC)CC3)CC2)cc1CCCCCCCCCCCCCCC)C5=O. The summed E-state index contributed by atoms with van der Waals surface area (Å²) >= 11 is 0. The lowest BCUT2D eigenvalue weighted by molar-refractivity contribution is -0.156. The zero-order valence-electron chi connectivity index (χ0n) is 67.7. The number of carbonyl (C=O) groups is 8. The van der Waals surface area contributed by atoms with Crippen molar-refractivity contribution >= 4 is 102 Å². The summed E-state index contributed by atoms with van der Waals surface area (Å²) in [7, 11) is 1.75. The number of carbonyl (C=O) groups excluding carboxylic acids is 8. The van der Waals surface area contributed by atoms with Gasteiger partial charge in [-0.3, -0.25) is 38.4 Å². The Morgan fingerprint density at radius 2 is 0.643 bits per heavy atom. The van der Waals surface area contributed by atoms with Crippen molar-refractivity contribution in [2.45, 2.75) is 278 Å². The summed E-state index contributed by atoms with van der Waals surface area (Å²) < 4.78 is 35.2. The number of imide groups is 2. The largest absolute Gasteiger partial charge is 0.490 e. The number of aryl methyl sites for hydroxylation is 2. The predicted octanol–water partition coefficient (Wildman–Crippen LogP) is 22.6. The molecule has 2 heterocycles. The molecule has 602 valence electrons. The van der Waals surface area contributed by atoms with Gasteiger partial charge in [-0.25, -0.2) is 9.80 Å². The highest BCUT2D eigenvalue weighted by Gasteiger charge is 2.40. The molecule has 3 aliphatic carbocycles. The van der Waals surface area contributed by atoms with Crippen molar-refractivity contribution in [2.75, 3.05) is 56.6 Å². The normalized spacial score (nSPS) is 19.2. The zero-order valence-corrected chi connectivity index (χ0v) is 67.7. The maximum Gasteiger partial charge on any atom is 0.309 e. The molecular formula is C96H124N2O14. The van der Waals surface area contributed by atoms with E-state index in [4.69, 9.17) is 28.4 Å². The minimum atomic E-state index is -0.433. The second kappa shape index (κ2) is 41.7. The first-order valence-electron chi connectivity index (χ1n) is 43.7. The van der Waals surface area contributed by atoms with E-state index in [1.54, 1.807) is 38.3 Å². The molecule has 0 aromatic heterocycles. The van der Waals surface area contributed by atoms with Gasteiger partial charge in [0.15, 0.2) is 0 Å². The molecule has 3 fully saturated rings. The summed E-state index contributed by atoms with van der Waals surface area (Å²) in [6.07, 6.45) is 41.9. The highest BCUT2D eigenvalue weighted by Crippen LogP contribution is 2.48. The Balaban J connectivity index is 0.728. The van der Waals surface area contributed by atoms with Gasteiger partial charge in [-0.2, -0.15) is 0 Å². The Kier molecular flexibility index (Phi) is 31.0. The number of methoxy groups -OCH3 is 1. The summed E-state index contributed by atoms with van der Waals surface area (Å²) in [5.41, 5.74) is 4.21. The van der Waals surface area contributed by atoms with Gasteiger partial charge in [-0.1, -0.05) is 192 Å². The van der Waals surface area contributed by atoms with Gasteiger partial charge in [0.1, 0.15) is 43.7 Å². The van der Waals surface area contributed by atoms with Gasteiger partial charge < -0.3 is 28.4 Å². The van der Waals surface area contributed by atoms with E-state index < -0.39 is 23.6 Å². The molecule has 0 spiro atoms. The number of rotatable bonds is 46. The van der Waals surface area contributed by atoms with Gasteiger partial charge in [-0.15, -0.1) is 0 Å². The molecule has 7 aromatic rings. The van der Waals surface area contributed by atoms with Crippen LogP contribution in [0.15, 0.2) is 84.9 Å². The first-order valence-corrected chi connectivity index (χ1v) is 43.7. The molecule has 0 N–H and O–H groups in total. The van der Waals surface area contributed by atoms with E-state index in [9.17, 15) is 19.2 Å². The van der Waals surface area contributed by atoms with Gasteiger partial charge in [0, 0.05) is 52.7 Å². The Morgan fingerprint density at radius 3 is 0.964 bits per heavy atom. The number of ketones is 1. The van der Waals surface area contributed by atoms with Crippen LogP contribution in [0.2, 0.25) is 0 Å². The van der Waals surface area contributed by atoms with Crippen LogP contribution in [-0.2, 0) is 51.0 Å². The average molecular weight is 1530 g/mol. The van der Waals surface area contributed by atoms with Gasteiger partial charge in [-0.05, 0) is 226 Å². The number of benzene rings is 7. The van der Waals surface area contributed by atoms with E-state index in [0.717, 1.165) is 127 Å². The van der Waals surface area contributed by atoms with Crippen LogP contribution in [0.3, 0.4) is 0 Å². The fourth-order valence-electron chi connectivity index (χ4n) is 18.8. The number of unbranched alkanes of at least 4 members (excludes halogenated alkanes) is 24. The molecule has 3 saturated carbocycles. The third-order valence-electron chi connectivity index (χ3n) is 25.4. The maximum atomic E-state index is 15.4. The van der Waals surface area contributed by atoms with Crippen molar-refractivity contribution in [3.63, 3.8) is 0 Å². The van der Waals surface area contributed by atoms with E-state index in [1.165, 1.54) is 125 Å². The molecule has 0 atom stereocenters. The first-order chi connectivity index (χ1) is 54.8. The highest BCUT2D eigenvalue weighted by molar-refractivity contribution is 6.45. The van der Waals surface area contributed by atoms with Crippen LogP contribution in [0.1, 0.15) is 317 Å². The second-order valence-electron chi connectivity index (χ2n) is 33.3. The number of hydrogen-bond acceptors (Lipinski definition) is 14. The minimum absolute atomic E-state index is 0.0111. The van der Waals surface area contributed by atoms with Crippen molar-refractivity contribution in [3.05, 3.63) is 118 Å². The van der Waals surface area contributed by atoms with Crippen molar-refractivity contribution in [1.82, 2.24) is 0 Å². The third kappa shape index (κ3) is 20.6. The van der Waals surface area contributed by atoms with Gasteiger partial charge in [0.2, 0.25) is 0 Å². The third-order valence-corrected chi connectivity index (χ3v) is 25.4. The van der Waals surface area contributed by atoms with Crippen LogP contribution in [0.4, 0.5) is 11.4 Å². The molecule has 2 aliphatic heterocycles. The number of amides is 4. The monoisotopic (exact) mass is 1530 g/mol. The molecule has 16 heteroatoms. The highest BCUT2D eigenvalue weighted by atomic mass is 16.6. The number of Topliss-reactive ketones (excluding diaryl/α,β-unsaturated/α-hetero) is 1. The molecule has 5 aliphatic rings. The quantitative estimate of drug-likeness (QED) is 0.00872. The lowest BCUT2D eigenvalue weighted by Gasteiger charge is -2.31.